The van der Waals surface area contributed by atoms with E-state index in [9.17, 15) is 4.79 Å². The molecule has 0 bridgehead atoms. The summed E-state index contributed by atoms with van der Waals surface area (Å²) >= 11 is 0. The van der Waals surface area contributed by atoms with Crippen LogP contribution in [-0.4, -0.2) is 17.4 Å². The SMILES string of the molecule is CCCCC(=O)N(C#Cc1ccccc1)CCCC. The van der Waals surface area contributed by atoms with E-state index in [1.54, 1.807) is 4.90 Å². The summed E-state index contributed by atoms with van der Waals surface area (Å²) in [6.45, 7) is 4.96. The number of rotatable bonds is 6. The smallest absolute Gasteiger partial charge is 0.234 e. The Bertz CT molecular complexity index is 428. The van der Waals surface area contributed by atoms with E-state index >= 15 is 0 Å². The van der Waals surface area contributed by atoms with Gasteiger partial charge in [-0.25, -0.2) is 0 Å². The predicted octanol–water partition coefficient (Wildman–Crippen LogP) is 3.81. The number of carbonyl (C=O) groups is 1. The van der Waals surface area contributed by atoms with Gasteiger partial charge in [-0.2, -0.15) is 0 Å². The quantitative estimate of drug-likeness (QED) is 0.560. The van der Waals surface area contributed by atoms with E-state index in [0.717, 1.165) is 37.8 Å². The van der Waals surface area contributed by atoms with Crippen molar-refractivity contribution in [3.05, 3.63) is 35.9 Å². The Morgan fingerprint density at radius 1 is 1.11 bits per heavy atom. The molecule has 0 radical (unpaired) electrons. The third-order valence-corrected chi connectivity index (χ3v) is 2.89. The zero-order chi connectivity index (χ0) is 13.9. The van der Waals surface area contributed by atoms with E-state index in [4.69, 9.17) is 0 Å². The largest absolute Gasteiger partial charge is 0.274 e. The van der Waals surface area contributed by atoms with E-state index in [1.165, 1.54) is 0 Å². The Kier molecular flexibility index (Phi) is 7.43. The molecular weight excluding hydrogens is 234 g/mol. The second-order valence-electron chi connectivity index (χ2n) is 4.61. The Labute approximate surface area is 116 Å². The zero-order valence-electron chi connectivity index (χ0n) is 12.0. The molecule has 0 N–H and O–H groups in total. The molecule has 0 aliphatic carbocycles. The van der Waals surface area contributed by atoms with Crippen molar-refractivity contribution in [3.63, 3.8) is 0 Å². The third-order valence-electron chi connectivity index (χ3n) is 2.89. The Balaban J connectivity index is 2.69. The lowest BCUT2D eigenvalue weighted by Gasteiger charge is -2.14. The molecule has 19 heavy (non-hydrogen) atoms. The maximum atomic E-state index is 12.1. The number of hydrogen-bond acceptors (Lipinski definition) is 1. The van der Waals surface area contributed by atoms with Crippen LogP contribution in [0.3, 0.4) is 0 Å². The molecule has 1 amide bonds. The molecule has 1 aromatic rings. The van der Waals surface area contributed by atoms with Gasteiger partial charge in [0, 0.05) is 24.6 Å². The van der Waals surface area contributed by atoms with E-state index in [2.05, 4.69) is 25.8 Å². The van der Waals surface area contributed by atoms with Crippen LogP contribution in [0.4, 0.5) is 0 Å². The highest BCUT2D eigenvalue weighted by Crippen LogP contribution is 2.03. The predicted molar refractivity (Wildman–Crippen MR) is 79.5 cm³/mol. The van der Waals surface area contributed by atoms with Crippen molar-refractivity contribution in [1.29, 1.82) is 0 Å². The van der Waals surface area contributed by atoms with E-state index in [-0.39, 0.29) is 5.91 Å². The van der Waals surface area contributed by atoms with Crippen molar-refractivity contribution in [2.45, 2.75) is 46.0 Å². The maximum absolute atomic E-state index is 12.1. The molecule has 0 fully saturated rings. The van der Waals surface area contributed by atoms with Gasteiger partial charge in [-0.1, -0.05) is 44.9 Å². The van der Waals surface area contributed by atoms with Crippen LogP contribution in [0.15, 0.2) is 30.3 Å². The van der Waals surface area contributed by atoms with Crippen molar-refractivity contribution in [3.8, 4) is 12.0 Å². The minimum absolute atomic E-state index is 0.152. The molecule has 1 rings (SSSR count). The van der Waals surface area contributed by atoms with Crippen LogP contribution < -0.4 is 0 Å². The summed E-state index contributed by atoms with van der Waals surface area (Å²) in [4.78, 5) is 13.7. The van der Waals surface area contributed by atoms with Crippen molar-refractivity contribution >= 4 is 5.91 Å². The average Bonchev–Trinajstić information content (AvgIpc) is 2.46. The highest BCUT2D eigenvalue weighted by Gasteiger charge is 2.09. The summed E-state index contributed by atoms with van der Waals surface area (Å²) in [7, 11) is 0. The monoisotopic (exact) mass is 257 g/mol. The molecule has 0 unspecified atom stereocenters. The van der Waals surface area contributed by atoms with E-state index in [1.807, 2.05) is 30.3 Å². The van der Waals surface area contributed by atoms with Crippen LogP contribution in [0.25, 0.3) is 0 Å². The van der Waals surface area contributed by atoms with Crippen LogP contribution in [0.2, 0.25) is 0 Å². The molecule has 0 heterocycles. The molecule has 0 saturated carbocycles. The van der Waals surface area contributed by atoms with Crippen molar-refractivity contribution in [2.75, 3.05) is 6.54 Å². The van der Waals surface area contributed by atoms with Gasteiger partial charge in [0.1, 0.15) is 0 Å². The summed E-state index contributed by atoms with van der Waals surface area (Å²) in [6.07, 6.45) is 4.66. The van der Waals surface area contributed by atoms with Gasteiger partial charge >= 0.3 is 0 Å². The zero-order valence-corrected chi connectivity index (χ0v) is 12.0. The van der Waals surface area contributed by atoms with Crippen molar-refractivity contribution in [2.24, 2.45) is 0 Å². The average molecular weight is 257 g/mol. The number of carbonyl (C=O) groups excluding carboxylic acids is 1. The fraction of sp³-hybridized carbons (Fsp3) is 0.471. The maximum Gasteiger partial charge on any atom is 0.234 e. The van der Waals surface area contributed by atoms with Crippen LogP contribution in [0.1, 0.15) is 51.5 Å². The molecule has 0 atom stereocenters. The molecule has 0 spiro atoms. The second-order valence-corrected chi connectivity index (χ2v) is 4.61. The lowest BCUT2D eigenvalue weighted by Crippen LogP contribution is -2.27. The first kappa shape index (κ1) is 15.3. The van der Waals surface area contributed by atoms with Gasteiger partial charge in [-0.05, 0) is 30.9 Å². The highest BCUT2D eigenvalue weighted by molar-refractivity contribution is 5.78. The molecule has 0 saturated heterocycles. The van der Waals surface area contributed by atoms with Crippen LogP contribution in [0, 0.1) is 12.0 Å². The number of hydrogen-bond donors (Lipinski definition) is 0. The van der Waals surface area contributed by atoms with Gasteiger partial charge in [0.15, 0.2) is 0 Å². The van der Waals surface area contributed by atoms with Crippen molar-refractivity contribution in [1.82, 2.24) is 4.90 Å². The molecule has 1 aromatic carbocycles. The van der Waals surface area contributed by atoms with E-state index in [0.29, 0.717) is 6.42 Å². The molecule has 102 valence electrons. The van der Waals surface area contributed by atoms with Crippen LogP contribution in [0.5, 0.6) is 0 Å². The van der Waals surface area contributed by atoms with Gasteiger partial charge in [0.25, 0.3) is 0 Å². The molecule has 2 heteroatoms. The van der Waals surface area contributed by atoms with Gasteiger partial charge in [-0.15, -0.1) is 0 Å². The topological polar surface area (TPSA) is 20.3 Å². The highest BCUT2D eigenvalue weighted by atomic mass is 16.2. The summed E-state index contributed by atoms with van der Waals surface area (Å²) in [6, 6.07) is 12.8. The first-order chi connectivity index (χ1) is 9.27. The van der Waals surface area contributed by atoms with Crippen molar-refractivity contribution < 1.29 is 4.79 Å². The molecule has 0 aromatic heterocycles. The lowest BCUT2D eigenvalue weighted by atomic mass is 10.2. The van der Waals surface area contributed by atoms with Crippen LogP contribution >= 0.6 is 0 Å². The second kappa shape index (κ2) is 9.22. The lowest BCUT2D eigenvalue weighted by molar-refractivity contribution is -0.128. The molecule has 2 nitrogen and oxygen atoms in total. The first-order valence-corrected chi connectivity index (χ1v) is 7.15. The fourth-order valence-corrected chi connectivity index (χ4v) is 1.68. The van der Waals surface area contributed by atoms with E-state index < -0.39 is 0 Å². The molecule has 0 aliphatic heterocycles. The Morgan fingerprint density at radius 2 is 1.79 bits per heavy atom. The van der Waals surface area contributed by atoms with Gasteiger partial charge in [0.05, 0.1) is 0 Å². The minimum Gasteiger partial charge on any atom is -0.274 e. The first-order valence-electron chi connectivity index (χ1n) is 7.15. The normalized spacial score (nSPS) is 9.58. The summed E-state index contributed by atoms with van der Waals surface area (Å²) < 4.78 is 0. The minimum atomic E-state index is 0.152. The van der Waals surface area contributed by atoms with Gasteiger partial charge in [-0.3, -0.25) is 9.69 Å². The standard InChI is InChI=1S/C17H23NO/c1-3-5-12-17(19)18(14-6-4-2)15-13-16-10-8-7-9-11-16/h7-11H,3-6,12,14H2,1-2H3. The van der Waals surface area contributed by atoms with Gasteiger partial charge in [0.2, 0.25) is 5.91 Å². The summed E-state index contributed by atoms with van der Waals surface area (Å²) in [5.41, 5.74) is 0.951. The van der Waals surface area contributed by atoms with Crippen LogP contribution in [-0.2, 0) is 4.79 Å². The summed E-state index contributed by atoms with van der Waals surface area (Å²) in [5, 5.41) is 0. The number of amides is 1. The van der Waals surface area contributed by atoms with Gasteiger partial charge < -0.3 is 0 Å². The number of nitrogens with zero attached hydrogens (tertiary/aromatic N) is 1. The molecule has 0 aliphatic rings. The molecular formula is C17H23NO. The fourth-order valence-electron chi connectivity index (χ4n) is 1.68. The Morgan fingerprint density at radius 3 is 2.42 bits per heavy atom. The third kappa shape index (κ3) is 6.10. The number of benzene rings is 1. The summed E-state index contributed by atoms with van der Waals surface area (Å²) in [5.74, 6) is 3.22. The Hall–Kier alpha value is -1.75. The number of unbranched alkanes of at least 4 members (excludes halogenated alkanes) is 2.